The minimum atomic E-state index is -0.438. The lowest BCUT2D eigenvalue weighted by molar-refractivity contribution is 0.176. The van der Waals surface area contributed by atoms with Gasteiger partial charge in [-0.2, -0.15) is 0 Å². The summed E-state index contributed by atoms with van der Waals surface area (Å²) in [6.07, 6.45) is 8.09. The fourth-order valence-corrected chi connectivity index (χ4v) is 4.60. The summed E-state index contributed by atoms with van der Waals surface area (Å²) in [5.41, 5.74) is 8.63. The first-order valence-electron chi connectivity index (χ1n) is 10.9. The van der Waals surface area contributed by atoms with Gasteiger partial charge in [0.15, 0.2) is 0 Å². The fraction of sp³-hybridized carbons (Fsp3) is 0.269. The molecule has 0 saturated heterocycles. The van der Waals surface area contributed by atoms with E-state index in [-0.39, 0.29) is 6.61 Å². The summed E-state index contributed by atoms with van der Waals surface area (Å²) in [5.74, 6) is 0. The second-order valence-corrected chi connectivity index (χ2v) is 8.26. The average Bonchev–Trinajstić information content (AvgIpc) is 3.39. The van der Waals surface area contributed by atoms with Crippen LogP contribution in [0.15, 0.2) is 60.9 Å². The van der Waals surface area contributed by atoms with Crippen LogP contribution in [0.25, 0.3) is 10.9 Å². The van der Waals surface area contributed by atoms with Crippen LogP contribution in [0.3, 0.4) is 0 Å². The predicted octanol–water partition coefficient (Wildman–Crippen LogP) is 4.95. The van der Waals surface area contributed by atoms with E-state index in [0.29, 0.717) is 0 Å². The summed E-state index contributed by atoms with van der Waals surface area (Å²) in [4.78, 5) is 7.65. The highest BCUT2D eigenvalue weighted by molar-refractivity contribution is 5.86. The smallest absolute Gasteiger partial charge is 0.0966 e. The number of fused-ring (bicyclic) bond motifs is 2. The van der Waals surface area contributed by atoms with Gasteiger partial charge in [-0.05, 0) is 67.0 Å². The van der Waals surface area contributed by atoms with Crippen molar-refractivity contribution < 1.29 is 10.2 Å². The third-order valence-corrected chi connectivity index (χ3v) is 6.27. The molecule has 1 unspecified atom stereocenters. The average molecular weight is 414 g/mol. The standard InChI is InChI=1S/C26H27N3O2/c30-16-19-5-2-6-21-18(15-28-25(19)21)4-1-3-17-7-9-20(10-8-17)29-23-13-14-27-26-22(23)11-12-24(26)31/h2,5-10,13-15,24,28,30-31H,1,3-4,11-12,16H2,(H,27,29). The zero-order valence-corrected chi connectivity index (χ0v) is 17.4. The van der Waals surface area contributed by atoms with Crippen molar-refractivity contribution in [2.24, 2.45) is 0 Å². The van der Waals surface area contributed by atoms with Crippen molar-refractivity contribution in [2.75, 3.05) is 5.32 Å². The van der Waals surface area contributed by atoms with Gasteiger partial charge in [0.2, 0.25) is 0 Å². The topological polar surface area (TPSA) is 81.2 Å². The number of anilines is 2. The van der Waals surface area contributed by atoms with E-state index >= 15 is 0 Å². The number of H-pyrrole nitrogens is 1. The van der Waals surface area contributed by atoms with Crippen molar-refractivity contribution in [1.82, 2.24) is 9.97 Å². The number of rotatable bonds is 7. The Kier molecular flexibility index (Phi) is 5.45. The molecule has 2 heterocycles. The van der Waals surface area contributed by atoms with Crippen molar-refractivity contribution in [3.63, 3.8) is 0 Å². The molecular formula is C26H27N3O2. The molecule has 158 valence electrons. The molecule has 4 aromatic rings. The summed E-state index contributed by atoms with van der Waals surface area (Å²) in [5, 5.41) is 24.2. The molecule has 0 spiro atoms. The highest BCUT2D eigenvalue weighted by atomic mass is 16.3. The van der Waals surface area contributed by atoms with Crippen molar-refractivity contribution in [3.8, 4) is 0 Å². The lowest BCUT2D eigenvalue weighted by Gasteiger charge is -2.12. The van der Waals surface area contributed by atoms with Gasteiger partial charge >= 0.3 is 0 Å². The highest BCUT2D eigenvalue weighted by Crippen LogP contribution is 2.35. The van der Waals surface area contributed by atoms with Gasteiger partial charge in [0, 0.05) is 34.7 Å². The van der Waals surface area contributed by atoms with Crippen LogP contribution in [0.5, 0.6) is 0 Å². The molecule has 4 N–H and O–H groups in total. The zero-order chi connectivity index (χ0) is 21.2. The molecule has 0 bridgehead atoms. The SMILES string of the molecule is OCc1cccc2c(CCCc3ccc(Nc4ccnc5c4CCC5O)cc3)c[nH]c12. The molecule has 5 heteroatoms. The van der Waals surface area contributed by atoms with Gasteiger partial charge in [0.1, 0.15) is 0 Å². The first-order chi connectivity index (χ1) is 15.2. The Balaban J connectivity index is 1.21. The van der Waals surface area contributed by atoms with Crippen LogP contribution in [-0.4, -0.2) is 20.2 Å². The molecule has 0 radical (unpaired) electrons. The molecule has 5 nitrogen and oxygen atoms in total. The molecule has 1 aliphatic carbocycles. The quantitative estimate of drug-likeness (QED) is 0.345. The van der Waals surface area contributed by atoms with Crippen molar-refractivity contribution in [2.45, 2.75) is 44.8 Å². The Bertz CT molecular complexity index is 1200. The van der Waals surface area contributed by atoms with Gasteiger partial charge in [-0.15, -0.1) is 0 Å². The number of aromatic amines is 1. The Labute approximate surface area is 181 Å². The number of aliphatic hydroxyl groups excluding tert-OH is 2. The van der Waals surface area contributed by atoms with E-state index in [9.17, 15) is 10.2 Å². The van der Waals surface area contributed by atoms with Crippen LogP contribution >= 0.6 is 0 Å². The van der Waals surface area contributed by atoms with Crippen LogP contribution < -0.4 is 5.32 Å². The minimum absolute atomic E-state index is 0.0561. The monoisotopic (exact) mass is 413 g/mol. The number of aryl methyl sites for hydroxylation is 2. The molecule has 2 aromatic heterocycles. The van der Waals surface area contributed by atoms with Gasteiger partial charge in [-0.25, -0.2) is 0 Å². The van der Waals surface area contributed by atoms with Crippen LogP contribution in [-0.2, 0) is 25.9 Å². The highest BCUT2D eigenvalue weighted by Gasteiger charge is 2.24. The number of benzene rings is 2. The Hall–Kier alpha value is -3.15. The molecule has 1 atom stereocenters. The van der Waals surface area contributed by atoms with E-state index in [1.807, 2.05) is 18.2 Å². The second kappa shape index (κ2) is 8.53. The molecule has 2 aromatic carbocycles. The molecule has 0 amide bonds. The van der Waals surface area contributed by atoms with Crippen LogP contribution in [0.1, 0.15) is 46.9 Å². The van der Waals surface area contributed by atoms with Crippen molar-refractivity contribution in [1.29, 1.82) is 0 Å². The molecular weight excluding hydrogens is 386 g/mol. The van der Waals surface area contributed by atoms with E-state index < -0.39 is 6.10 Å². The van der Waals surface area contributed by atoms with Gasteiger partial charge in [0.05, 0.1) is 23.9 Å². The Morgan fingerprint density at radius 1 is 1.03 bits per heavy atom. The van der Waals surface area contributed by atoms with E-state index in [0.717, 1.165) is 65.8 Å². The molecule has 0 saturated carbocycles. The third-order valence-electron chi connectivity index (χ3n) is 6.27. The van der Waals surface area contributed by atoms with E-state index in [1.54, 1.807) is 6.20 Å². The number of aliphatic hydroxyl groups is 2. The number of nitrogens with zero attached hydrogens (tertiary/aromatic N) is 1. The number of hydrogen-bond donors (Lipinski definition) is 4. The maximum atomic E-state index is 10.0. The van der Waals surface area contributed by atoms with Crippen molar-refractivity contribution >= 4 is 22.3 Å². The third kappa shape index (κ3) is 3.94. The van der Waals surface area contributed by atoms with Crippen molar-refractivity contribution in [3.05, 3.63) is 88.9 Å². The largest absolute Gasteiger partial charge is 0.392 e. The summed E-state index contributed by atoms with van der Waals surface area (Å²) in [6.45, 7) is 0.0561. The maximum absolute atomic E-state index is 10.0. The number of aromatic nitrogens is 2. The van der Waals surface area contributed by atoms with E-state index in [2.05, 4.69) is 51.8 Å². The summed E-state index contributed by atoms with van der Waals surface area (Å²) >= 11 is 0. The number of para-hydroxylation sites is 1. The van der Waals surface area contributed by atoms with Gasteiger partial charge in [-0.1, -0.05) is 30.3 Å². The predicted molar refractivity (Wildman–Crippen MR) is 123 cm³/mol. The minimum Gasteiger partial charge on any atom is -0.392 e. The lowest BCUT2D eigenvalue weighted by Crippen LogP contribution is -1.99. The van der Waals surface area contributed by atoms with Crippen LogP contribution in [0, 0.1) is 0 Å². The molecule has 5 rings (SSSR count). The molecule has 0 fully saturated rings. The summed E-state index contributed by atoms with van der Waals surface area (Å²) in [6, 6.07) is 16.7. The first-order valence-corrected chi connectivity index (χ1v) is 10.9. The number of pyridine rings is 1. The van der Waals surface area contributed by atoms with Gasteiger partial charge in [-0.3, -0.25) is 4.98 Å². The zero-order valence-electron chi connectivity index (χ0n) is 17.4. The van der Waals surface area contributed by atoms with Crippen LogP contribution in [0.4, 0.5) is 11.4 Å². The summed E-state index contributed by atoms with van der Waals surface area (Å²) < 4.78 is 0. The lowest BCUT2D eigenvalue weighted by atomic mass is 10.0. The Morgan fingerprint density at radius 2 is 1.90 bits per heavy atom. The van der Waals surface area contributed by atoms with Gasteiger partial charge < -0.3 is 20.5 Å². The van der Waals surface area contributed by atoms with E-state index in [4.69, 9.17) is 0 Å². The number of hydrogen-bond acceptors (Lipinski definition) is 4. The molecule has 31 heavy (non-hydrogen) atoms. The first kappa shape index (κ1) is 19.8. The van der Waals surface area contributed by atoms with Crippen LogP contribution in [0.2, 0.25) is 0 Å². The normalized spacial score (nSPS) is 15.4. The molecule has 0 aliphatic heterocycles. The summed E-state index contributed by atoms with van der Waals surface area (Å²) in [7, 11) is 0. The van der Waals surface area contributed by atoms with E-state index in [1.165, 1.54) is 16.5 Å². The van der Waals surface area contributed by atoms with Gasteiger partial charge in [0.25, 0.3) is 0 Å². The Morgan fingerprint density at radius 3 is 2.74 bits per heavy atom. The maximum Gasteiger partial charge on any atom is 0.0966 e. The fourth-order valence-electron chi connectivity index (χ4n) is 4.60. The number of nitrogens with one attached hydrogen (secondary N) is 2. The molecule has 1 aliphatic rings. The second-order valence-electron chi connectivity index (χ2n) is 8.26.